The number of nitrogens with one attached hydrogen (secondary N) is 2. The summed E-state index contributed by atoms with van der Waals surface area (Å²) >= 11 is 0. The zero-order valence-corrected chi connectivity index (χ0v) is 17.1. The summed E-state index contributed by atoms with van der Waals surface area (Å²) in [6.07, 6.45) is 0. The Morgan fingerprint density at radius 1 is 0.793 bits per heavy atom. The molecule has 0 aliphatic heterocycles. The van der Waals surface area contributed by atoms with E-state index >= 15 is 0 Å². The van der Waals surface area contributed by atoms with Gasteiger partial charge in [-0.05, 0) is 36.4 Å². The van der Waals surface area contributed by atoms with E-state index in [-0.39, 0.29) is 24.7 Å². The minimum Gasteiger partial charge on any atom is -0.354 e. The van der Waals surface area contributed by atoms with Crippen LogP contribution in [0.4, 0.5) is 17.1 Å². The Morgan fingerprint density at radius 2 is 1.31 bits per heavy atom. The van der Waals surface area contributed by atoms with E-state index in [0.29, 0.717) is 5.69 Å². The van der Waals surface area contributed by atoms with Crippen LogP contribution in [0.15, 0.2) is 72.8 Å². The second-order valence-electron chi connectivity index (χ2n) is 6.43. The lowest BCUT2D eigenvalue weighted by Gasteiger charge is -2.14. The molecule has 1 heterocycles. The maximum atomic E-state index is 11.9. The van der Waals surface area contributed by atoms with Crippen molar-refractivity contribution in [3.05, 3.63) is 72.8 Å². The van der Waals surface area contributed by atoms with Crippen LogP contribution in [0.2, 0.25) is 0 Å². The van der Waals surface area contributed by atoms with Gasteiger partial charge in [-0.2, -0.15) is 0 Å². The number of anilines is 3. The van der Waals surface area contributed by atoms with E-state index in [2.05, 4.69) is 10.0 Å². The number of fused-ring (bicyclic) bond motifs is 2. The highest BCUT2D eigenvalue weighted by atomic mass is 35.5. The van der Waals surface area contributed by atoms with Gasteiger partial charge in [0.1, 0.15) is 0 Å². The van der Waals surface area contributed by atoms with Crippen LogP contribution in [0.1, 0.15) is 0 Å². The number of nitrogens with two attached hydrogens (primary N) is 1. The number of hydrogen-bond acceptors (Lipinski definition) is 5. The highest BCUT2D eigenvalue weighted by molar-refractivity contribution is 7.92. The van der Waals surface area contributed by atoms with Gasteiger partial charge in [0.15, 0.2) is 0 Å². The molecule has 3 aromatic carbocycles. The first kappa shape index (κ1) is 20.9. The number of aromatic nitrogens is 1. The van der Waals surface area contributed by atoms with Gasteiger partial charge in [0.2, 0.25) is 10.0 Å². The average Bonchev–Trinajstić information content (AvgIpc) is 2.69. The number of benzene rings is 3. The Hall–Kier alpha value is -2.87. The molecule has 0 saturated carbocycles. The van der Waals surface area contributed by atoms with Crippen molar-refractivity contribution in [2.75, 3.05) is 22.3 Å². The summed E-state index contributed by atoms with van der Waals surface area (Å²) in [5, 5.41) is 5.51. The molecule has 29 heavy (non-hydrogen) atoms. The van der Waals surface area contributed by atoms with Gasteiger partial charge >= 0.3 is 0 Å². The zero-order chi connectivity index (χ0) is 19.6. The maximum absolute atomic E-state index is 11.9. The fourth-order valence-electron chi connectivity index (χ4n) is 3.13. The van der Waals surface area contributed by atoms with Crippen molar-refractivity contribution in [1.82, 2.24) is 4.98 Å². The molecular weight excluding hydrogens is 408 g/mol. The van der Waals surface area contributed by atoms with Crippen LogP contribution < -0.4 is 15.8 Å². The summed E-state index contributed by atoms with van der Waals surface area (Å²) in [6, 6.07) is 23.1. The first-order valence-corrected chi connectivity index (χ1v) is 10.6. The number of halogens is 1. The van der Waals surface area contributed by atoms with E-state index in [1.165, 1.54) is 0 Å². The second-order valence-corrected chi connectivity index (χ2v) is 8.27. The minimum atomic E-state index is -3.42. The minimum absolute atomic E-state index is 0. The standard InChI is InChI=1S/C21H20N4O2S.ClH/c22-13-14-28(26,27)25-16-11-9-15(10-12-16)23-21-17-5-1-3-7-19(17)24-20-8-4-2-6-18(20)21;/h1-12,25H,13-14,22H2,(H,23,24);1H. The maximum Gasteiger partial charge on any atom is 0.233 e. The summed E-state index contributed by atoms with van der Waals surface area (Å²) in [7, 11) is -3.42. The molecule has 0 bridgehead atoms. The molecular formula is C21H21ClN4O2S. The molecule has 0 saturated heterocycles. The molecule has 4 rings (SSSR count). The van der Waals surface area contributed by atoms with E-state index in [4.69, 9.17) is 10.7 Å². The molecule has 0 radical (unpaired) electrons. The Bertz CT molecular complexity index is 1190. The number of hydrogen-bond donors (Lipinski definition) is 3. The quantitative estimate of drug-likeness (QED) is 0.399. The van der Waals surface area contributed by atoms with Crippen LogP contribution in [-0.4, -0.2) is 25.7 Å². The Labute approximate surface area is 175 Å². The van der Waals surface area contributed by atoms with Gasteiger partial charge in [0.05, 0.1) is 22.5 Å². The highest BCUT2D eigenvalue weighted by Gasteiger charge is 2.11. The van der Waals surface area contributed by atoms with Crippen LogP contribution in [0.5, 0.6) is 0 Å². The lowest BCUT2D eigenvalue weighted by molar-refractivity contribution is 0.601. The molecule has 0 aliphatic rings. The number of para-hydroxylation sites is 2. The Kier molecular flexibility index (Phi) is 6.22. The second kappa shape index (κ2) is 8.65. The fourth-order valence-corrected chi connectivity index (χ4v) is 4.03. The van der Waals surface area contributed by atoms with Crippen molar-refractivity contribution >= 4 is 61.3 Å². The molecule has 150 valence electrons. The fraction of sp³-hybridized carbons (Fsp3) is 0.0952. The number of sulfonamides is 1. The van der Waals surface area contributed by atoms with Crippen molar-refractivity contribution in [3.63, 3.8) is 0 Å². The summed E-state index contributed by atoms with van der Waals surface area (Å²) in [5.41, 5.74) is 9.48. The van der Waals surface area contributed by atoms with Crippen LogP contribution in [0.3, 0.4) is 0 Å². The lowest BCUT2D eigenvalue weighted by atomic mass is 10.1. The predicted molar refractivity (Wildman–Crippen MR) is 123 cm³/mol. The molecule has 0 spiro atoms. The molecule has 0 aliphatic carbocycles. The summed E-state index contributed by atoms with van der Waals surface area (Å²) in [5.74, 6) is -0.109. The predicted octanol–water partition coefficient (Wildman–Crippen LogP) is 4.25. The number of nitrogens with zero attached hydrogens (tertiary/aromatic N) is 1. The third-order valence-corrected chi connectivity index (χ3v) is 5.72. The van der Waals surface area contributed by atoms with Crippen LogP contribution in [-0.2, 0) is 10.0 Å². The Morgan fingerprint density at radius 3 is 1.86 bits per heavy atom. The smallest absolute Gasteiger partial charge is 0.233 e. The summed E-state index contributed by atoms with van der Waals surface area (Å²) in [4.78, 5) is 4.72. The molecule has 0 unspecified atom stereocenters. The Balaban J connectivity index is 0.00000240. The third-order valence-electron chi connectivity index (χ3n) is 4.40. The van der Waals surface area contributed by atoms with Crippen LogP contribution >= 0.6 is 12.4 Å². The van der Waals surface area contributed by atoms with Gasteiger partial charge in [-0.1, -0.05) is 36.4 Å². The van der Waals surface area contributed by atoms with Gasteiger partial charge in [0, 0.05) is 28.7 Å². The summed E-state index contributed by atoms with van der Waals surface area (Å²) < 4.78 is 26.2. The van der Waals surface area contributed by atoms with Gasteiger partial charge in [-0.25, -0.2) is 13.4 Å². The normalized spacial score (nSPS) is 11.2. The molecule has 1 aromatic heterocycles. The molecule has 4 N–H and O–H groups in total. The number of rotatable bonds is 6. The topological polar surface area (TPSA) is 97.1 Å². The van der Waals surface area contributed by atoms with E-state index in [1.54, 1.807) is 12.1 Å². The van der Waals surface area contributed by atoms with E-state index in [0.717, 1.165) is 33.2 Å². The molecule has 0 atom stereocenters. The van der Waals surface area contributed by atoms with E-state index < -0.39 is 10.0 Å². The molecule has 0 amide bonds. The highest BCUT2D eigenvalue weighted by Crippen LogP contribution is 2.33. The lowest BCUT2D eigenvalue weighted by Crippen LogP contribution is -2.22. The monoisotopic (exact) mass is 428 g/mol. The van der Waals surface area contributed by atoms with Crippen molar-refractivity contribution in [1.29, 1.82) is 0 Å². The van der Waals surface area contributed by atoms with Gasteiger partial charge in [-0.15, -0.1) is 12.4 Å². The SMILES string of the molecule is Cl.NCCS(=O)(=O)Nc1ccc(Nc2c3ccccc3nc3ccccc23)cc1. The molecule has 8 heteroatoms. The first-order valence-electron chi connectivity index (χ1n) is 8.91. The van der Waals surface area contributed by atoms with Crippen molar-refractivity contribution < 1.29 is 8.42 Å². The van der Waals surface area contributed by atoms with Crippen molar-refractivity contribution in [3.8, 4) is 0 Å². The van der Waals surface area contributed by atoms with E-state index in [9.17, 15) is 8.42 Å². The largest absolute Gasteiger partial charge is 0.354 e. The zero-order valence-electron chi connectivity index (χ0n) is 15.5. The van der Waals surface area contributed by atoms with Crippen LogP contribution in [0.25, 0.3) is 21.8 Å². The number of pyridine rings is 1. The third kappa shape index (κ3) is 4.59. The van der Waals surface area contributed by atoms with Crippen LogP contribution in [0, 0.1) is 0 Å². The van der Waals surface area contributed by atoms with Crippen molar-refractivity contribution in [2.45, 2.75) is 0 Å². The van der Waals surface area contributed by atoms with Gasteiger partial charge in [-0.3, -0.25) is 4.72 Å². The average molecular weight is 429 g/mol. The molecule has 0 fully saturated rings. The van der Waals surface area contributed by atoms with Crippen molar-refractivity contribution in [2.24, 2.45) is 5.73 Å². The molecule has 6 nitrogen and oxygen atoms in total. The van der Waals surface area contributed by atoms with Gasteiger partial charge < -0.3 is 11.1 Å². The first-order chi connectivity index (χ1) is 13.6. The molecule has 4 aromatic rings. The van der Waals surface area contributed by atoms with E-state index in [1.807, 2.05) is 60.7 Å². The summed E-state index contributed by atoms with van der Waals surface area (Å²) in [6.45, 7) is 0.0805. The van der Waals surface area contributed by atoms with Gasteiger partial charge in [0.25, 0.3) is 0 Å².